The molecule has 1 rings (SSSR count). The van der Waals surface area contributed by atoms with Crippen LogP contribution in [0.2, 0.25) is 0 Å². The van der Waals surface area contributed by atoms with Crippen LogP contribution in [0.15, 0.2) is 24.2 Å². The molecule has 0 saturated carbocycles. The van der Waals surface area contributed by atoms with Crippen molar-refractivity contribution in [2.24, 2.45) is 0 Å². The van der Waals surface area contributed by atoms with Crippen LogP contribution in [0.1, 0.15) is 41.5 Å². The van der Waals surface area contributed by atoms with Gasteiger partial charge in [-0.25, -0.2) is 4.79 Å². The van der Waals surface area contributed by atoms with Crippen LogP contribution in [0, 0.1) is 0 Å². The molecule has 1 N–H and O–H groups in total. The van der Waals surface area contributed by atoms with Gasteiger partial charge in [0.25, 0.3) is 0 Å². The highest BCUT2D eigenvalue weighted by Gasteiger charge is 2.00. The fraction of sp³-hybridized carbons (Fsp3) is 0.300. The number of carboxylic acids is 1. The Hall–Kier alpha value is -1.31. The van der Waals surface area contributed by atoms with Crippen molar-refractivity contribution >= 4 is 5.97 Å². The zero-order valence-electron chi connectivity index (χ0n) is 15.0. The van der Waals surface area contributed by atoms with Gasteiger partial charge in [-0.15, -0.1) is 0 Å². The van der Waals surface area contributed by atoms with Crippen LogP contribution in [-0.4, -0.2) is 11.1 Å². The third-order valence-corrected chi connectivity index (χ3v) is 1.18. The quantitative estimate of drug-likeness (QED) is 0.761. The summed E-state index contributed by atoms with van der Waals surface area (Å²) in [5.74, 6) is -1.49. The molecule has 12 heavy (non-hydrogen) atoms. The zero-order valence-corrected chi connectivity index (χ0v) is 6.01. The number of aryl methyl sites for hydroxylation is 1. The van der Waals surface area contributed by atoms with E-state index in [0.717, 1.165) is 12.1 Å². The lowest BCUT2D eigenvalue weighted by atomic mass is 10.1. The summed E-state index contributed by atoms with van der Waals surface area (Å²) in [6, 6.07) is 0.0250. The molecule has 2 nitrogen and oxygen atoms in total. The number of hydrogen-bond donors (Lipinski definition) is 1. The summed E-state index contributed by atoms with van der Waals surface area (Å²) in [4.78, 5) is 10.8. The molecule has 0 atom stereocenters. The largest absolute Gasteiger partial charge is 0.478 e. The van der Waals surface area contributed by atoms with E-state index < -0.39 is 48.8 Å². The van der Waals surface area contributed by atoms with Gasteiger partial charge in [-0.3, -0.25) is 0 Å². The van der Waals surface area contributed by atoms with Gasteiger partial charge in [0.1, 0.15) is 0 Å². The van der Waals surface area contributed by atoms with E-state index in [2.05, 4.69) is 0 Å². The summed E-state index contributed by atoms with van der Waals surface area (Å²) >= 11 is 0. The van der Waals surface area contributed by atoms with Crippen molar-refractivity contribution in [1.82, 2.24) is 0 Å². The molecule has 0 heterocycles. The standard InChI is InChI=1S/C10H12O2/c1-2-3-8-4-6-9(7-5-8)10(11)12/h4-7H,2-3H2,1H3,(H,11,12)/i1D3,2D2,3D2,4D,6D. The van der Waals surface area contributed by atoms with Gasteiger partial charge in [0, 0.05) is 9.60 Å². The van der Waals surface area contributed by atoms with Crippen LogP contribution < -0.4 is 0 Å². The summed E-state index contributed by atoms with van der Waals surface area (Å²) in [6.45, 7) is -3.30. The summed E-state index contributed by atoms with van der Waals surface area (Å²) in [5, 5.41) is 8.81. The van der Waals surface area contributed by atoms with Crippen molar-refractivity contribution in [2.45, 2.75) is 19.6 Å². The second-order valence-electron chi connectivity index (χ2n) is 1.97. The summed E-state index contributed by atoms with van der Waals surface area (Å²) in [6.07, 6.45) is -6.41. The average Bonchev–Trinajstić information content (AvgIpc) is 2.29. The predicted molar refractivity (Wildman–Crippen MR) is 47.4 cm³/mol. The molecule has 64 valence electrons. The van der Waals surface area contributed by atoms with E-state index in [1.165, 1.54) is 0 Å². The van der Waals surface area contributed by atoms with Gasteiger partial charge < -0.3 is 5.11 Å². The van der Waals surface area contributed by atoms with E-state index in [4.69, 9.17) is 17.4 Å². The zero-order chi connectivity index (χ0) is 16.8. The fourth-order valence-electron chi connectivity index (χ4n) is 0.650. The Labute approximate surface area is 84.5 Å². The van der Waals surface area contributed by atoms with Crippen molar-refractivity contribution in [3.05, 3.63) is 35.3 Å². The van der Waals surface area contributed by atoms with Gasteiger partial charge in [-0.2, -0.15) is 0 Å². The molecule has 0 aromatic heterocycles. The predicted octanol–water partition coefficient (Wildman–Crippen LogP) is 2.34. The first-order valence-corrected chi connectivity index (χ1v) is 3.09. The lowest BCUT2D eigenvalue weighted by molar-refractivity contribution is 0.0697. The van der Waals surface area contributed by atoms with Gasteiger partial charge in [0.05, 0.1) is 8.30 Å². The molecule has 0 saturated heterocycles. The first-order valence-electron chi connectivity index (χ1n) is 7.59. The third kappa shape index (κ3) is 2.09. The van der Waals surface area contributed by atoms with Crippen molar-refractivity contribution in [3.63, 3.8) is 0 Å². The topological polar surface area (TPSA) is 37.3 Å². The smallest absolute Gasteiger partial charge is 0.335 e. The fourth-order valence-corrected chi connectivity index (χ4v) is 0.650. The molecule has 0 unspecified atom stereocenters. The van der Waals surface area contributed by atoms with Crippen LogP contribution in [0.4, 0.5) is 0 Å². The molecule has 2 heteroatoms. The van der Waals surface area contributed by atoms with Gasteiger partial charge >= 0.3 is 5.97 Å². The van der Waals surface area contributed by atoms with Crippen molar-refractivity contribution < 1.29 is 22.2 Å². The Bertz CT molecular complexity index is 577. The van der Waals surface area contributed by atoms with E-state index in [9.17, 15) is 4.79 Å². The minimum atomic E-state index is -3.31. The van der Waals surface area contributed by atoms with Gasteiger partial charge in [0.2, 0.25) is 0 Å². The first kappa shape index (κ1) is 2.59. The van der Waals surface area contributed by atoms with Gasteiger partial charge in [-0.1, -0.05) is 25.3 Å². The molecule has 0 amide bonds. The van der Waals surface area contributed by atoms with Crippen molar-refractivity contribution in [3.8, 4) is 0 Å². The van der Waals surface area contributed by atoms with Crippen LogP contribution in [0.3, 0.4) is 0 Å². The molecular formula is C10H12O2. The van der Waals surface area contributed by atoms with E-state index in [1.54, 1.807) is 0 Å². The monoisotopic (exact) mass is 173 g/mol. The average molecular weight is 173 g/mol. The highest BCUT2D eigenvalue weighted by Crippen LogP contribution is 2.06. The third-order valence-electron chi connectivity index (χ3n) is 1.18. The maximum Gasteiger partial charge on any atom is 0.335 e. The Morgan fingerprint density at radius 3 is 3.25 bits per heavy atom. The maximum absolute atomic E-state index is 10.8. The highest BCUT2D eigenvalue weighted by molar-refractivity contribution is 5.87. The number of benzene rings is 1. The SMILES string of the molecule is [2H]c1c(C(=O)O)ccc(C([2H])([2H])C([2H])([2H])C([2H])([2H])[2H])c1[2H]. The number of carboxylic acid groups (broad SMARTS) is 1. The number of carbonyl (C=O) groups is 1. The second kappa shape index (κ2) is 3.90. The van der Waals surface area contributed by atoms with E-state index >= 15 is 0 Å². The van der Waals surface area contributed by atoms with E-state index in [-0.39, 0.29) is 0 Å². The van der Waals surface area contributed by atoms with Crippen molar-refractivity contribution in [1.29, 1.82) is 0 Å². The molecular weight excluding hydrogens is 152 g/mol. The molecule has 0 aliphatic carbocycles. The molecule has 1 aromatic carbocycles. The molecule has 0 radical (unpaired) electrons. The molecule has 0 aliphatic heterocycles. The number of rotatable bonds is 3. The van der Waals surface area contributed by atoms with Crippen LogP contribution in [0.5, 0.6) is 0 Å². The minimum absolute atomic E-state index is 0.547. The molecule has 0 bridgehead atoms. The van der Waals surface area contributed by atoms with Crippen LogP contribution in [-0.2, 0) is 6.37 Å². The Morgan fingerprint density at radius 2 is 2.58 bits per heavy atom. The van der Waals surface area contributed by atoms with Crippen molar-refractivity contribution in [2.75, 3.05) is 0 Å². The normalized spacial score (nSPS) is 24.2. The summed E-state index contributed by atoms with van der Waals surface area (Å²) < 4.78 is 66.8. The number of hydrogen-bond acceptors (Lipinski definition) is 1. The molecule has 0 spiro atoms. The summed E-state index contributed by atoms with van der Waals surface area (Å²) in [7, 11) is 0. The summed E-state index contributed by atoms with van der Waals surface area (Å²) in [5.41, 5.74) is -1.23. The van der Waals surface area contributed by atoms with Gasteiger partial charge in [-0.05, 0) is 24.0 Å². The minimum Gasteiger partial charge on any atom is -0.478 e. The lowest BCUT2D eigenvalue weighted by Gasteiger charge is -1.98. The van der Waals surface area contributed by atoms with Crippen LogP contribution in [0.25, 0.3) is 0 Å². The van der Waals surface area contributed by atoms with Gasteiger partial charge in [0.15, 0.2) is 0 Å². The molecule has 0 fully saturated rings. The molecule has 1 aromatic rings. The Balaban J connectivity index is 3.54. The second-order valence-corrected chi connectivity index (χ2v) is 1.97. The van der Waals surface area contributed by atoms with Crippen LogP contribution >= 0.6 is 0 Å². The van der Waals surface area contributed by atoms with E-state index in [1.807, 2.05) is 0 Å². The number of aromatic carboxylic acids is 1. The lowest BCUT2D eigenvalue weighted by Crippen LogP contribution is -1.95. The maximum atomic E-state index is 10.8. The highest BCUT2D eigenvalue weighted by atomic mass is 16.4. The molecule has 0 aliphatic rings. The Kier molecular flexibility index (Phi) is 0.842. The Morgan fingerprint density at radius 1 is 1.75 bits per heavy atom. The first-order chi connectivity index (χ1) is 9.25. The van der Waals surface area contributed by atoms with E-state index in [0.29, 0.717) is 0 Å².